The van der Waals surface area contributed by atoms with Crippen LogP contribution in [0.3, 0.4) is 0 Å². The molecule has 0 spiro atoms. The highest BCUT2D eigenvalue weighted by atomic mass is 16.5. The van der Waals surface area contributed by atoms with Gasteiger partial charge in [0.05, 0.1) is 18.8 Å². The van der Waals surface area contributed by atoms with Gasteiger partial charge >= 0.3 is 0 Å². The first-order chi connectivity index (χ1) is 15.3. The number of ether oxygens (including phenoxy) is 1. The van der Waals surface area contributed by atoms with Crippen LogP contribution < -0.4 is 5.32 Å². The van der Waals surface area contributed by atoms with Crippen molar-refractivity contribution >= 4 is 6.29 Å². The minimum atomic E-state index is -0.569. The van der Waals surface area contributed by atoms with Gasteiger partial charge in [0.2, 0.25) is 0 Å². The third-order valence-electron chi connectivity index (χ3n) is 6.56. The van der Waals surface area contributed by atoms with E-state index in [2.05, 4.69) is 68.6 Å². The van der Waals surface area contributed by atoms with E-state index in [1.165, 1.54) is 16.7 Å². The molecule has 1 aliphatic rings. The lowest BCUT2D eigenvalue weighted by Crippen LogP contribution is -2.45. The van der Waals surface area contributed by atoms with Crippen molar-refractivity contribution in [2.24, 2.45) is 5.92 Å². The van der Waals surface area contributed by atoms with Crippen molar-refractivity contribution in [3.8, 4) is 0 Å². The Morgan fingerprint density at radius 2 is 1.88 bits per heavy atom. The largest absolute Gasteiger partial charge is 0.389 e. The van der Waals surface area contributed by atoms with Crippen molar-refractivity contribution < 1.29 is 14.6 Å². The van der Waals surface area contributed by atoms with Gasteiger partial charge in [-0.2, -0.15) is 0 Å². The Bertz CT molecular complexity index is 867. The Labute approximate surface area is 193 Å². The van der Waals surface area contributed by atoms with Gasteiger partial charge in [0.15, 0.2) is 0 Å². The van der Waals surface area contributed by atoms with Gasteiger partial charge in [0.1, 0.15) is 6.29 Å². The lowest BCUT2D eigenvalue weighted by molar-refractivity contribution is -0.107. The first-order valence-corrected chi connectivity index (χ1v) is 11.9. The molecule has 3 rings (SSSR count). The Balaban J connectivity index is 1.45. The van der Waals surface area contributed by atoms with Crippen LogP contribution in [0.15, 0.2) is 42.5 Å². The molecule has 0 bridgehead atoms. The van der Waals surface area contributed by atoms with E-state index in [0.29, 0.717) is 18.9 Å². The fourth-order valence-electron chi connectivity index (χ4n) is 4.92. The summed E-state index contributed by atoms with van der Waals surface area (Å²) in [6.07, 6.45) is 4.86. The molecular weight excluding hydrogens is 398 g/mol. The standard InChI is InChI=1S/C28H39NO3/c1-20-11-12-23(10-7-13-30)27(14-20)21(2)32-19-26(31)18-29-28(3,4)17-22-15-24-8-5-6-9-25(24)16-22/h5-6,8-9,11-14,21-22,26,29,31H,7,10,15-19H2,1-4H3/t21-,26-/m1/s1. The number of aliphatic hydroxyl groups excluding tert-OH is 1. The number of carbonyl (C=O) groups is 1. The van der Waals surface area contributed by atoms with E-state index >= 15 is 0 Å². The number of aldehydes is 1. The Kier molecular flexibility index (Phi) is 8.64. The third-order valence-corrected chi connectivity index (χ3v) is 6.56. The van der Waals surface area contributed by atoms with E-state index in [0.717, 1.165) is 43.1 Å². The molecule has 0 radical (unpaired) electrons. The Morgan fingerprint density at radius 1 is 1.19 bits per heavy atom. The highest BCUT2D eigenvalue weighted by Gasteiger charge is 2.28. The van der Waals surface area contributed by atoms with Gasteiger partial charge in [-0.3, -0.25) is 0 Å². The number of rotatable bonds is 12. The van der Waals surface area contributed by atoms with E-state index in [1.54, 1.807) is 0 Å². The number of hydrogen-bond donors (Lipinski definition) is 2. The number of nitrogens with one attached hydrogen (secondary N) is 1. The average molecular weight is 438 g/mol. The minimum Gasteiger partial charge on any atom is -0.389 e. The zero-order valence-electron chi connectivity index (χ0n) is 20.1. The molecule has 2 N–H and O–H groups in total. The normalized spacial score (nSPS) is 16.0. The van der Waals surface area contributed by atoms with Crippen molar-refractivity contribution in [1.82, 2.24) is 5.32 Å². The third kappa shape index (κ3) is 6.99. The molecule has 0 fully saturated rings. The Morgan fingerprint density at radius 3 is 2.53 bits per heavy atom. The molecule has 174 valence electrons. The summed E-state index contributed by atoms with van der Waals surface area (Å²) in [4.78, 5) is 10.8. The van der Waals surface area contributed by atoms with Gasteiger partial charge in [-0.25, -0.2) is 0 Å². The predicted octanol–water partition coefficient (Wildman–Crippen LogP) is 4.74. The van der Waals surface area contributed by atoms with Crippen LogP contribution in [0.25, 0.3) is 0 Å². The molecule has 0 aromatic heterocycles. The summed E-state index contributed by atoms with van der Waals surface area (Å²) in [6, 6.07) is 15.0. The first-order valence-electron chi connectivity index (χ1n) is 11.9. The quantitative estimate of drug-likeness (QED) is 0.471. The molecule has 0 heterocycles. The van der Waals surface area contributed by atoms with Crippen LogP contribution in [0.1, 0.15) is 67.5 Å². The molecule has 2 atom stereocenters. The predicted molar refractivity (Wildman–Crippen MR) is 130 cm³/mol. The summed E-state index contributed by atoms with van der Waals surface area (Å²) in [6.45, 7) is 9.30. The number of β-amino-alcohol motifs (C(OH)–C–C–N with tert-alkyl or cyclic N) is 1. The molecule has 0 saturated carbocycles. The second-order valence-corrected chi connectivity index (χ2v) is 10.0. The molecule has 4 heteroatoms. The SMILES string of the molecule is Cc1ccc(CCC=O)c([C@@H](C)OC[C@H](O)CNC(C)(C)CC2Cc3ccccc3C2)c1. The van der Waals surface area contributed by atoms with Crippen molar-refractivity contribution in [3.63, 3.8) is 0 Å². The molecule has 0 unspecified atom stereocenters. The molecule has 0 saturated heterocycles. The maximum absolute atomic E-state index is 10.8. The molecule has 4 nitrogen and oxygen atoms in total. The maximum Gasteiger partial charge on any atom is 0.120 e. The minimum absolute atomic E-state index is 0.0438. The van der Waals surface area contributed by atoms with Crippen LogP contribution in [0, 0.1) is 12.8 Å². The van der Waals surface area contributed by atoms with Gasteiger partial charge in [-0.15, -0.1) is 0 Å². The molecule has 0 aliphatic heterocycles. The zero-order chi connectivity index (χ0) is 23.1. The number of aryl methyl sites for hydroxylation is 2. The number of hydrogen-bond acceptors (Lipinski definition) is 4. The summed E-state index contributed by atoms with van der Waals surface area (Å²) in [5.41, 5.74) is 6.34. The lowest BCUT2D eigenvalue weighted by Gasteiger charge is -2.31. The molecule has 0 amide bonds. The summed E-state index contributed by atoms with van der Waals surface area (Å²) in [5.74, 6) is 0.648. The summed E-state index contributed by atoms with van der Waals surface area (Å²) in [5, 5.41) is 14.1. The molecule has 2 aromatic rings. The van der Waals surface area contributed by atoms with Gasteiger partial charge < -0.3 is 20.0 Å². The molecule has 32 heavy (non-hydrogen) atoms. The average Bonchev–Trinajstić information content (AvgIpc) is 3.16. The van der Waals surface area contributed by atoms with E-state index in [-0.39, 0.29) is 18.2 Å². The fraction of sp³-hybridized carbons (Fsp3) is 0.536. The first kappa shape index (κ1) is 24.6. The van der Waals surface area contributed by atoms with Crippen LogP contribution in [-0.4, -0.2) is 36.2 Å². The monoisotopic (exact) mass is 437 g/mol. The smallest absolute Gasteiger partial charge is 0.120 e. The fourth-order valence-corrected chi connectivity index (χ4v) is 4.92. The topological polar surface area (TPSA) is 58.6 Å². The number of aliphatic hydroxyl groups is 1. The van der Waals surface area contributed by atoms with Gasteiger partial charge in [0.25, 0.3) is 0 Å². The van der Waals surface area contributed by atoms with Crippen LogP contribution in [0.4, 0.5) is 0 Å². The van der Waals surface area contributed by atoms with Crippen molar-refractivity contribution in [3.05, 3.63) is 70.3 Å². The summed E-state index contributed by atoms with van der Waals surface area (Å²) < 4.78 is 6.03. The van der Waals surface area contributed by atoms with Crippen LogP contribution in [-0.2, 0) is 28.8 Å². The van der Waals surface area contributed by atoms with E-state index < -0.39 is 6.10 Å². The maximum atomic E-state index is 10.8. The number of carbonyl (C=O) groups excluding carboxylic acids is 1. The van der Waals surface area contributed by atoms with E-state index in [4.69, 9.17) is 4.74 Å². The zero-order valence-corrected chi connectivity index (χ0v) is 20.1. The second-order valence-electron chi connectivity index (χ2n) is 10.0. The number of fused-ring (bicyclic) bond motifs is 1. The Hall–Kier alpha value is -2.01. The van der Waals surface area contributed by atoms with Crippen molar-refractivity contribution in [2.45, 2.75) is 77.5 Å². The number of benzene rings is 2. The van der Waals surface area contributed by atoms with Crippen molar-refractivity contribution in [2.75, 3.05) is 13.2 Å². The van der Waals surface area contributed by atoms with Crippen LogP contribution in [0.2, 0.25) is 0 Å². The van der Waals surface area contributed by atoms with E-state index in [9.17, 15) is 9.90 Å². The van der Waals surface area contributed by atoms with E-state index in [1.807, 2.05) is 6.92 Å². The van der Waals surface area contributed by atoms with Gasteiger partial charge in [-0.05, 0) is 81.5 Å². The highest BCUT2D eigenvalue weighted by molar-refractivity contribution is 5.50. The van der Waals surface area contributed by atoms with Gasteiger partial charge in [0, 0.05) is 18.5 Å². The van der Waals surface area contributed by atoms with Crippen molar-refractivity contribution in [1.29, 1.82) is 0 Å². The highest BCUT2D eigenvalue weighted by Crippen LogP contribution is 2.32. The molecule has 2 aromatic carbocycles. The summed E-state index contributed by atoms with van der Waals surface area (Å²) in [7, 11) is 0. The summed E-state index contributed by atoms with van der Waals surface area (Å²) >= 11 is 0. The molecule has 1 aliphatic carbocycles. The van der Waals surface area contributed by atoms with Gasteiger partial charge in [-0.1, -0.05) is 48.0 Å². The molecular formula is C28H39NO3. The lowest BCUT2D eigenvalue weighted by atomic mass is 9.88. The second kappa shape index (κ2) is 11.2. The van der Waals surface area contributed by atoms with Crippen LogP contribution >= 0.6 is 0 Å². The van der Waals surface area contributed by atoms with Crippen LogP contribution in [0.5, 0.6) is 0 Å².